The van der Waals surface area contributed by atoms with Crippen molar-refractivity contribution in [3.8, 4) is 5.75 Å². The van der Waals surface area contributed by atoms with Crippen LogP contribution in [0.2, 0.25) is 15.1 Å². The minimum absolute atomic E-state index is 0.0342. The molecule has 1 aliphatic carbocycles. The second-order valence-electron chi connectivity index (χ2n) is 15.8. The molecule has 0 radical (unpaired) electrons. The van der Waals surface area contributed by atoms with E-state index in [1.807, 2.05) is 77.7 Å². The summed E-state index contributed by atoms with van der Waals surface area (Å²) in [5, 5.41) is 27.5. The van der Waals surface area contributed by atoms with Crippen molar-refractivity contribution in [1.29, 1.82) is 0 Å². The monoisotopic (exact) mass is 844 g/mol. The van der Waals surface area contributed by atoms with Crippen LogP contribution < -0.4 is 19.9 Å². The van der Waals surface area contributed by atoms with Crippen LogP contribution in [-0.4, -0.2) is 94.9 Å². The zero-order valence-corrected chi connectivity index (χ0v) is 34.3. The molecular formula is C44H47Cl3N6O5. The summed E-state index contributed by atoms with van der Waals surface area (Å²) in [5.41, 5.74) is 2.44. The fourth-order valence-electron chi connectivity index (χ4n) is 8.04. The standard InChI is InChI=1S/C30H34Cl2N4O3.C14H13ClN2O2/c31-22-5-8-25-19(15-22)4-10-28(33-25)36-14-11-21(17-36)30(38)34-26(18-35-12-1-2-13-35)29(37)20-3-9-27(24(32)16-20)39-23-6-7-23;15-11-2-3-12-9(7-11)1-4-13(16-12)17-6-5-10(8-17)14(18)19/h3-5,8-10,15-16,21,23,26,29,37H,1-2,6-7,11-14,17-18H2,(H,34,38);1-4,7,10H,5-6,8H2,(H,18,19)/t21-,26-,29-;10-/m11/s1. The first kappa shape index (κ1) is 40.4. The average Bonchev–Trinajstić information content (AvgIpc) is 3.60. The fraction of sp³-hybridized carbons (Fsp3) is 0.409. The van der Waals surface area contributed by atoms with E-state index in [1.54, 1.807) is 6.07 Å². The molecule has 2 aromatic heterocycles. The quantitative estimate of drug-likeness (QED) is 0.120. The Hall–Kier alpha value is -4.39. The van der Waals surface area contributed by atoms with Gasteiger partial charge < -0.3 is 35.0 Å². The fourth-order valence-corrected chi connectivity index (χ4v) is 8.63. The van der Waals surface area contributed by atoms with Crippen LogP contribution in [0.3, 0.4) is 0 Å². The molecule has 5 aromatic rings. The lowest BCUT2D eigenvalue weighted by Gasteiger charge is -2.30. The van der Waals surface area contributed by atoms with Gasteiger partial charge in [-0.05, 0) is 130 Å². The van der Waals surface area contributed by atoms with Gasteiger partial charge in [0.05, 0.1) is 40.0 Å². The van der Waals surface area contributed by atoms with Crippen LogP contribution in [0, 0.1) is 11.8 Å². The van der Waals surface area contributed by atoms with Crippen molar-refractivity contribution < 1.29 is 24.5 Å². The summed E-state index contributed by atoms with van der Waals surface area (Å²) < 4.78 is 5.86. The van der Waals surface area contributed by atoms with Crippen LogP contribution in [0.15, 0.2) is 78.9 Å². The number of likely N-dealkylation sites (tertiary alicyclic amines) is 1. The van der Waals surface area contributed by atoms with Crippen LogP contribution in [0.4, 0.5) is 11.6 Å². The van der Waals surface area contributed by atoms with Crippen LogP contribution in [-0.2, 0) is 9.59 Å². The van der Waals surface area contributed by atoms with E-state index in [0.717, 1.165) is 91.7 Å². The van der Waals surface area contributed by atoms with E-state index in [1.165, 1.54) is 0 Å². The lowest BCUT2D eigenvalue weighted by Crippen LogP contribution is -2.48. The zero-order valence-electron chi connectivity index (χ0n) is 32.1. The molecule has 5 heterocycles. The second-order valence-corrected chi connectivity index (χ2v) is 17.1. The largest absolute Gasteiger partial charge is 0.489 e. The highest BCUT2D eigenvalue weighted by Crippen LogP contribution is 2.35. The van der Waals surface area contributed by atoms with Gasteiger partial charge in [-0.15, -0.1) is 0 Å². The van der Waals surface area contributed by atoms with Crippen LogP contribution in [0.25, 0.3) is 21.8 Å². The number of pyridine rings is 2. The van der Waals surface area contributed by atoms with E-state index in [0.29, 0.717) is 52.4 Å². The van der Waals surface area contributed by atoms with Crippen molar-refractivity contribution in [1.82, 2.24) is 20.2 Å². The van der Waals surface area contributed by atoms with Crippen LogP contribution >= 0.6 is 34.8 Å². The van der Waals surface area contributed by atoms with E-state index in [2.05, 4.69) is 20.1 Å². The molecule has 0 bridgehead atoms. The van der Waals surface area contributed by atoms with Crippen molar-refractivity contribution in [3.05, 3.63) is 99.5 Å². The Bertz CT molecular complexity index is 2290. The highest BCUT2D eigenvalue weighted by molar-refractivity contribution is 6.32. The highest BCUT2D eigenvalue weighted by Gasteiger charge is 2.34. The van der Waals surface area contributed by atoms with Crippen molar-refractivity contribution in [2.75, 3.05) is 55.6 Å². The number of carbonyl (C=O) groups excluding carboxylic acids is 1. The molecule has 304 valence electrons. The number of halogens is 3. The number of fused-ring (bicyclic) bond motifs is 2. The molecule has 4 aliphatic rings. The molecule has 0 spiro atoms. The summed E-state index contributed by atoms with van der Waals surface area (Å²) in [4.78, 5) is 40.3. The third-order valence-electron chi connectivity index (χ3n) is 11.5. The van der Waals surface area contributed by atoms with Crippen molar-refractivity contribution in [2.45, 2.75) is 56.8 Å². The van der Waals surface area contributed by atoms with Gasteiger partial charge >= 0.3 is 5.97 Å². The average molecular weight is 846 g/mol. The number of nitrogens with one attached hydrogen (secondary N) is 1. The number of anilines is 2. The third-order valence-corrected chi connectivity index (χ3v) is 12.3. The predicted molar refractivity (Wildman–Crippen MR) is 229 cm³/mol. The molecule has 4 atom stereocenters. The Balaban J connectivity index is 0.000000206. The molecule has 3 saturated heterocycles. The van der Waals surface area contributed by atoms with E-state index in [9.17, 15) is 14.7 Å². The molecule has 1 amide bonds. The SMILES string of the molecule is O=C(N[C@H](CN1CCCC1)[C@H](O)c1ccc(OC2CC2)c(Cl)c1)[C@@H]1CCN(c2ccc3cc(Cl)ccc3n2)C1.O=C(O)[C@@H]1CCN(c2ccc3cc(Cl)ccc3n2)C1. The first-order chi connectivity index (χ1) is 28.1. The maximum Gasteiger partial charge on any atom is 0.308 e. The van der Waals surface area contributed by atoms with Gasteiger partial charge in [-0.3, -0.25) is 9.59 Å². The summed E-state index contributed by atoms with van der Waals surface area (Å²) in [5.74, 6) is 1.10. The van der Waals surface area contributed by atoms with Crippen molar-refractivity contribution in [2.24, 2.45) is 11.8 Å². The lowest BCUT2D eigenvalue weighted by atomic mass is 10.00. The molecular weight excluding hydrogens is 799 g/mol. The van der Waals surface area contributed by atoms with Crippen molar-refractivity contribution >= 4 is 80.1 Å². The van der Waals surface area contributed by atoms with Gasteiger partial charge in [-0.1, -0.05) is 40.9 Å². The number of ether oxygens (including phenoxy) is 1. The number of carboxylic acids is 1. The number of hydrogen-bond acceptors (Lipinski definition) is 9. The molecule has 11 nitrogen and oxygen atoms in total. The molecule has 58 heavy (non-hydrogen) atoms. The van der Waals surface area contributed by atoms with E-state index in [4.69, 9.17) is 49.6 Å². The number of aliphatic hydroxyl groups excluding tert-OH is 1. The summed E-state index contributed by atoms with van der Waals surface area (Å²) in [6, 6.07) is 24.1. The molecule has 4 fully saturated rings. The minimum atomic E-state index is -0.881. The number of carboxylic acid groups (broad SMARTS) is 1. The van der Waals surface area contributed by atoms with E-state index >= 15 is 0 Å². The smallest absolute Gasteiger partial charge is 0.308 e. The molecule has 3 aliphatic heterocycles. The summed E-state index contributed by atoms with van der Waals surface area (Å²) >= 11 is 18.5. The van der Waals surface area contributed by atoms with E-state index in [-0.39, 0.29) is 23.8 Å². The number of amides is 1. The Morgan fingerprint density at radius 3 is 1.88 bits per heavy atom. The van der Waals surface area contributed by atoms with Gasteiger partial charge in [0.1, 0.15) is 23.5 Å². The summed E-state index contributed by atoms with van der Waals surface area (Å²) in [6.45, 7) is 5.15. The third kappa shape index (κ3) is 9.72. The van der Waals surface area contributed by atoms with Crippen LogP contribution in [0.5, 0.6) is 5.75 Å². The topological polar surface area (TPSA) is 131 Å². The Morgan fingerprint density at radius 1 is 0.741 bits per heavy atom. The van der Waals surface area contributed by atoms with Gasteiger partial charge in [0, 0.05) is 53.5 Å². The van der Waals surface area contributed by atoms with Gasteiger partial charge in [0.15, 0.2) is 0 Å². The molecule has 0 unspecified atom stereocenters. The highest BCUT2D eigenvalue weighted by atomic mass is 35.5. The normalized spacial score (nSPS) is 20.6. The molecule has 14 heteroatoms. The number of hydrogen-bond donors (Lipinski definition) is 3. The number of benzene rings is 3. The molecule has 3 N–H and O–H groups in total. The Morgan fingerprint density at radius 2 is 1.33 bits per heavy atom. The first-order valence-corrected chi connectivity index (χ1v) is 21.2. The summed E-state index contributed by atoms with van der Waals surface area (Å²) in [6.07, 6.45) is 5.15. The number of aliphatic hydroxyl groups is 1. The van der Waals surface area contributed by atoms with Gasteiger partial charge in [-0.2, -0.15) is 0 Å². The van der Waals surface area contributed by atoms with E-state index < -0.39 is 18.1 Å². The van der Waals surface area contributed by atoms with Gasteiger partial charge in [-0.25, -0.2) is 9.97 Å². The zero-order chi connectivity index (χ0) is 40.3. The first-order valence-electron chi connectivity index (χ1n) is 20.1. The van der Waals surface area contributed by atoms with Crippen LogP contribution in [0.1, 0.15) is 50.2 Å². The predicted octanol–water partition coefficient (Wildman–Crippen LogP) is 8.02. The van der Waals surface area contributed by atoms with Crippen molar-refractivity contribution in [3.63, 3.8) is 0 Å². The Labute approximate surface area is 352 Å². The number of nitrogens with zero attached hydrogens (tertiary/aromatic N) is 5. The molecule has 3 aromatic carbocycles. The Kier molecular flexibility index (Phi) is 12.4. The molecule has 9 rings (SSSR count). The number of aliphatic carboxylic acids is 1. The van der Waals surface area contributed by atoms with Gasteiger partial charge in [0.25, 0.3) is 0 Å². The second kappa shape index (κ2) is 17.8. The number of aromatic nitrogens is 2. The lowest BCUT2D eigenvalue weighted by molar-refractivity contribution is -0.141. The van der Waals surface area contributed by atoms with Gasteiger partial charge in [0.2, 0.25) is 5.91 Å². The summed E-state index contributed by atoms with van der Waals surface area (Å²) in [7, 11) is 0. The number of rotatable bonds is 11. The minimum Gasteiger partial charge on any atom is -0.489 e. The maximum atomic E-state index is 13.5. The maximum absolute atomic E-state index is 13.5. The molecule has 1 saturated carbocycles. The number of carbonyl (C=O) groups is 2.